The van der Waals surface area contributed by atoms with E-state index < -0.39 is 5.97 Å². The molecule has 4 N–H and O–H groups in total. The number of rotatable bonds is 5. The first-order valence-electron chi connectivity index (χ1n) is 6.00. The highest BCUT2D eigenvalue weighted by Crippen LogP contribution is 2.09. The second-order valence-corrected chi connectivity index (χ2v) is 4.09. The fourth-order valence-corrected chi connectivity index (χ4v) is 1.60. The van der Waals surface area contributed by atoms with Crippen molar-refractivity contribution in [1.82, 2.24) is 15.3 Å². The van der Waals surface area contributed by atoms with Crippen molar-refractivity contribution in [2.24, 2.45) is 0 Å². The number of aromatic nitrogens is 2. The SMILES string of the molecule is O=C(NCCc1cnc[nH]1)Nc1ccc(C(=O)O)cc1. The molecule has 0 atom stereocenters. The van der Waals surface area contributed by atoms with E-state index in [1.807, 2.05) is 0 Å². The van der Waals surface area contributed by atoms with Crippen LogP contribution in [-0.2, 0) is 6.42 Å². The molecule has 0 fully saturated rings. The van der Waals surface area contributed by atoms with Gasteiger partial charge < -0.3 is 20.7 Å². The first-order chi connectivity index (χ1) is 9.65. The fourth-order valence-electron chi connectivity index (χ4n) is 1.60. The monoisotopic (exact) mass is 274 g/mol. The third kappa shape index (κ3) is 3.84. The van der Waals surface area contributed by atoms with E-state index in [1.54, 1.807) is 12.5 Å². The number of hydrogen-bond donors (Lipinski definition) is 4. The summed E-state index contributed by atoms with van der Waals surface area (Å²) in [6.45, 7) is 0.473. The number of hydrogen-bond acceptors (Lipinski definition) is 3. The van der Waals surface area contributed by atoms with Gasteiger partial charge in [0.1, 0.15) is 0 Å². The van der Waals surface area contributed by atoms with Crippen molar-refractivity contribution >= 4 is 17.7 Å². The van der Waals surface area contributed by atoms with Crippen LogP contribution in [0.1, 0.15) is 16.1 Å². The first kappa shape index (κ1) is 13.6. The van der Waals surface area contributed by atoms with Gasteiger partial charge in [-0.3, -0.25) is 0 Å². The lowest BCUT2D eigenvalue weighted by Gasteiger charge is -2.07. The second kappa shape index (κ2) is 6.37. The highest BCUT2D eigenvalue weighted by Gasteiger charge is 2.04. The van der Waals surface area contributed by atoms with E-state index in [0.29, 0.717) is 18.7 Å². The van der Waals surface area contributed by atoms with E-state index in [1.165, 1.54) is 24.3 Å². The average Bonchev–Trinajstić information content (AvgIpc) is 2.92. The highest BCUT2D eigenvalue weighted by atomic mass is 16.4. The van der Waals surface area contributed by atoms with Crippen LogP contribution in [0.15, 0.2) is 36.8 Å². The van der Waals surface area contributed by atoms with Crippen LogP contribution in [-0.4, -0.2) is 33.6 Å². The van der Waals surface area contributed by atoms with E-state index in [4.69, 9.17) is 5.11 Å². The number of carboxylic acid groups (broad SMARTS) is 1. The fraction of sp³-hybridized carbons (Fsp3) is 0.154. The molecule has 104 valence electrons. The van der Waals surface area contributed by atoms with Gasteiger partial charge in [0.05, 0.1) is 11.9 Å². The summed E-state index contributed by atoms with van der Waals surface area (Å²) < 4.78 is 0. The van der Waals surface area contributed by atoms with Gasteiger partial charge in [0.2, 0.25) is 0 Å². The number of H-pyrrole nitrogens is 1. The molecule has 7 nitrogen and oxygen atoms in total. The molecule has 0 aliphatic carbocycles. The summed E-state index contributed by atoms with van der Waals surface area (Å²) in [5, 5.41) is 14.1. The molecular weight excluding hydrogens is 260 g/mol. The standard InChI is InChI=1S/C13H14N4O3/c18-12(19)9-1-3-10(4-2-9)17-13(20)15-6-5-11-7-14-8-16-11/h1-4,7-8H,5-6H2,(H,14,16)(H,18,19)(H2,15,17,20). The molecule has 1 heterocycles. The summed E-state index contributed by atoms with van der Waals surface area (Å²) in [5.41, 5.74) is 1.65. The van der Waals surface area contributed by atoms with E-state index in [2.05, 4.69) is 20.6 Å². The zero-order chi connectivity index (χ0) is 14.4. The molecule has 7 heteroatoms. The van der Waals surface area contributed by atoms with Crippen molar-refractivity contribution in [3.63, 3.8) is 0 Å². The predicted octanol–water partition coefficient (Wildman–Crippen LogP) is 1.47. The number of nitrogens with zero attached hydrogens (tertiary/aromatic N) is 1. The molecule has 0 spiro atoms. The van der Waals surface area contributed by atoms with Crippen LogP contribution in [0.5, 0.6) is 0 Å². The number of imidazole rings is 1. The van der Waals surface area contributed by atoms with Crippen LogP contribution >= 0.6 is 0 Å². The van der Waals surface area contributed by atoms with Gasteiger partial charge in [-0.2, -0.15) is 0 Å². The van der Waals surface area contributed by atoms with Crippen molar-refractivity contribution in [2.45, 2.75) is 6.42 Å². The van der Waals surface area contributed by atoms with Gasteiger partial charge in [0.25, 0.3) is 0 Å². The Morgan fingerprint density at radius 1 is 1.25 bits per heavy atom. The lowest BCUT2D eigenvalue weighted by Crippen LogP contribution is -2.30. The average molecular weight is 274 g/mol. The Bertz CT molecular complexity index is 578. The lowest BCUT2D eigenvalue weighted by atomic mass is 10.2. The summed E-state index contributed by atoms with van der Waals surface area (Å²) in [7, 11) is 0. The normalized spacial score (nSPS) is 10.0. The number of benzene rings is 1. The predicted molar refractivity (Wildman–Crippen MR) is 72.7 cm³/mol. The van der Waals surface area contributed by atoms with Crippen molar-refractivity contribution in [3.8, 4) is 0 Å². The van der Waals surface area contributed by atoms with Gasteiger partial charge in [-0.05, 0) is 24.3 Å². The quantitative estimate of drug-likeness (QED) is 0.662. The molecule has 0 saturated carbocycles. The third-order valence-electron chi connectivity index (χ3n) is 2.62. The highest BCUT2D eigenvalue weighted by molar-refractivity contribution is 5.91. The molecule has 0 bridgehead atoms. The molecule has 1 aromatic carbocycles. The van der Waals surface area contributed by atoms with Gasteiger partial charge in [-0.25, -0.2) is 14.6 Å². The van der Waals surface area contributed by atoms with Crippen LogP contribution in [0.4, 0.5) is 10.5 Å². The Balaban J connectivity index is 1.77. The molecule has 1 aromatic heterocycles. The minimum atomic E-state index is -0.999. The molecule has 0 saturated heterocycles. The molecule has 0 aliphatic heterocycles. The number of urea groups is 1. The van der Waals surface area contributed by atoms with E-state index in [9.17, 15) is 9.59 Å². The third-order valence-corrected chi connectivity index (χ3v) is 2.62. The number of carbonyl (C=O) groups excluding carboxylic acids is 1. The van der Waals surface area contributed by atoms with E-state index in [0.717, 1.165) is 5.69 Å². The Morgan fingerprint density at radius 2 is 2.00 bits per heavy atom. The van der Waals surface area contributed by atoms with Crippen LogP contribution in [0, 0.1) is 0 Å². The number of anilines is 1. The van der Waals surface area contributed by atoms with Gasteiger partial charge in [0.15, 0.2) is 0 Å². The number of nitrogens with one attached hydrogen (secondary N) is 3. The molecule has 0 unspecified atom stereocenters. The molecular formula is C13H14N4O3. The molecule has 2 amide bonds. The number of carbonyl (C=O) groups is 2. The Hall–Kier alpha value is -2.83. The largest absolute Gasteiger partial charge is 0.478 e. The first-order valence-corrected chi connectivity index (χ1v) is 6.00. The van der Waals surface area contributed by atoms with Crippen LogP contribution in [0.2, 0.25) is 0 Å². The summed E-state index contributed by atoms with van der Waals surface area (Å²) in [6.07, 6.45) is 3.94. The molecule has 2 aromatic rings. The van der Waals surface area contributed by atoms with Crippen molar-refractivity contribution in [1.29, 1.82) is 0 Å². The summed E-state index contributed by atoms with van der Waals surface area (Å²) >= 11 is 0. The van der Waals surface area contributed by atoms with Gasteiger partial charge in [-0.1, -0.05) is 0 Å². The topological polar surface area (TPSA) is 107 Å². The Morgan fingerprint density at radius 3 is 2.60 bits per heavy atom. The minimum absolute atomic E-state index is 0.176. The number of carboxylic acids is 1. The zero-order valence-electron chi connectivity index (χ0n) is 10.6. The number of amides is 2. The summed E-state index contributed by atoms with van der Waals surface area (Å²) in [6, 6.07) is 5.61. The molecule has 0 radical (unpaired) electrons. The number of aromatic amines is 1. The van der Waals surface area contributed by atoms with E-state index in [-0.39, 0.29) is 11.6 Å². The van der Waals surface area contributed by atoms with Crippen LogP contribution < -0.4 is 10.6 Å². The Labute approximate surface area is 115 Å². The van der Waals surface area contributed by atoms with Crippen LogP contribution in [0.3, 0.4) is 0 Å². The molecule has 20 heavy (non-hydrogen) atoms. The summed E-state index contributed by atoms with van der Waals surface area (Å²) in [4.78, 5) is 29.1. The lowest BCUT2D eigenvalue weighted by molar-refractivity contribution is 0.0697. The minimum Gasteiger partial charge on any atom is -0.478 e. The van der Waals surface area contributed by atoms with Gasteiger partial charge >= 0.3 is 12.0 Å². The zero-order valence-corrected chi connectivity index (χ0v) is 10.6. The van der Waals surface area contributed by atoms with Crippen molar-refractivity contribution in [3.05, 3.63) is 48.0 Å². The molecule has 0 aliphatic rings. The van der Waals surface area contributed by atoms with Crippen LogP contribution in [0.25, 0.3) is 0 Å². The maximum Gasteiger partial charge on any atom is 0.335 e. The van der Waals surface area contributed by atoms with Gasteiger partial charge in [0, 0.05) is 30.5 Å². The molecule has 2 rings (SSSR count). The maximum absolute atomic E-state index is 11.6. The Kier molecular flexibility index (Phi) is 4.33. The number of aromatic carboxylic acids is 1. The second-order valence-electron chi connectivity index (χ2n) is 4.09. The smallest absolute Gasteiger partial charge is 0.335 e. The van der Waals surface area contributed by atoms with Gasteiger partial charge in [-0.15, -0.1) is 0 Å². The van der Waals surface area contributed by atoms with Crippen molar-refractivity contribution in [2.75, 3.05) is 11.9 Å². The van der Waals surface area contributed by atoms with E-state index >= 15 is 0 Å². The van der Waals surface area contributed by atoms with Crippen molar-refractivity contribution < 1.29 is 14.7 Å². The summed E-state index contributed by atoms with van der Waals surface area (Å²) in [5.74, 6) is -0.999. The maximum atomic E-state index is 11.6.